The lowest BCUT2D eigenvalue weighted by Crippen LogP contribution is -2.36. The van der Waals surface area contributed by atoms with E-state index in [1.54, 1.807) is 0 Å². The zero-order valence-corrected chi connectivity index (χ0v) is 16.9. The smallest absolute Gasteiger partial charge is 0.375 e. The molecule has 5 heteroatoms. The summed E-state index contributed by atoms with van der Waals surface area (Å²) in [6, 6.07) is 6.27. The summed E-state index contributed by atoms with van der Waals surface area (Å²) in [6.45, 7) is 4.52. The molecule has 1 saturated carbocycles. The summed E-state index contributed by atoms with van der Waals surface area (Å²) in [5.41, 5.74) is 2.13. The van der Waals surface area contributed by atoms with Gasteiger partial charge >= 0.3 is 5.89 Å². The standard InChI is InChI=1S/C21H28BrN2O2/c22-18-7-8-20-19(16-18)24(10-3-6-17-4-1-2-5-17)21(26-20)9-11-23-12-14-25-15-13-23/h7-9,11,16-17H,1-6,10,12-15H2/q+1. The van der Waals surface area contributed by atoms with E-state index in [0.717, 1.165) is 54.7 Å². The lowest BCUT2D eigenvalue weighted by molar-refractivity contribution is -0.678. The molecular formula is C21H28BrN2O2+. The molecular weight excluding hydrogens is 392 g/mol. The number of halogens is 1. The Morgan fingerprint density at radius 2 is 2.00 bits per heavy atom. The molecule has 0 atom stereocenters. The van der Waals surface area contributed by atoms with E-state index in [2.05, 4.69) is 49.8 Å². The molecule has 0 bridgehead atoms. The third-order valence-corrected chi connectivity index (χ3v) is 6.13. The summed E-state index contributed by atoms with van der Waals surface area (Å²) in [5, 5.41) is 0. The van der Waals surface area contributed by atoms with Gasteiger partial charge in [-0.25, -0.2) is 0 Å². The van der Waals surface area contributed by atoms with Crippen LogP contribution in [-0.2, 0) is 11.3 Å². The second-order valence-electron chi connectivity index (χ2n) is 7.46. The fraction of sp³-hybridized carbons (Fsp3) is 0.571. The van der Waals surface area contributed by atoms with Gasteiger partial charge in [0.05, 0.1) is 19.3 Å². The molecule has 1 saturated heterocycles. The number of oxazole rings is 1. The van der Waals surface area contributed by atoms with Gasteiger partial charge in [0.2, 0.25) is 5.58 Å². The van der Waals surface area contributed by atoms with Crippen molar-refractivity contribution in [2.75, 3.05) is 26.3 Å². The first kappa shape index (κ1) is 18.1. The fourth-order valence-corrected chi connectivity index (χ4v) is 4.51. The number of ether oxygens (including phenoxy) is 1. The van der Waals surface area contributed by atoms with E-state index in [4.69, 9.17) is 9.15 Å². The first-order chi connectivity index (χ1) is 12.8. The van der Waals surface area contributed by atoms with Crippen LogP contribution in [0.4, 0.5) is 0 Å². The molecule has 2 aliphatic rings. The zero-order chi connectivity index (χ0) is 17.8. The van der Waals surface area contributed by atoms with Gasteiger partial charge in [0, 0.05) is 36.2 Å². The van der Waals surface area contributed by atoms with Crippen LogP contribution >= 0.6 is 15.9 Å². The molecule has 4 rings (SSSR count). The quantitative estimate of drug-likeness (QED) is 0.632. The van der Waals surface area contributed by atoms with Gasteiger partial charge in [-0.15, -0.1) is 0 Å². The highest BCUT2D eigenvalue weighted by atomic mass is 79.9. The van der Waals surface area contributed by atoms with Gasteiger partial charge in [0.1, 0.15) is 0 Å². The highest BCUT2D eigenvalue weighted by Crippen LogP contribution is 2.28. The number of rotatable bonds is 6. The van der Waals surface area contributed by atoms with Gasteiger partial charge in [-0.1, -0.05) is 41.6 Å². The Morgan fingerprint density at radius 1 is 1.19 bits per heavy atom. The predicted molar refractivity (Wildman–Crippen MR) is 107 cm³/mol. The molecule has 2 heterocycles. The molecule has 2 aromatic rings. The average molecular weight is 420 g/mol. The van der Waals surface area contributed by atoms with Crippen LogP contribution < -0.4 is 4.57 Å². The van der Waals surface area contributed by atoms with Crippen LogP contribution in [0.15, 0.2) is 33.3 Å². The summed E-state index contributed by atoms with van der Waals surface area (Å²) in [4.78, 5) is 2.30. The maximum absolute atomic E-state index is 6.17. The van der Waals surface area contributed by atoms with E-state index in [-0.39, 0.29) is 0 Å². The van der Waals surface area contributed by atoms with Gasteiger partial charge in [-0.05, 0) is 24.5 Å². The van der Waals surface area contributed by atoms with Gasteiger partial charge in [0.15, 0.2) is 6.54 Å². The van der Waals surface area contributed by atoms with Crippen molar-refractivity contribution in [2.24, 2.45) is 5.92 Å². The van der Waals surface area contributed by atoms with Crippen molar-refractivity contribution in [2.45, 2.75) is 45.1 Å². The van der Waals surface area contributed by atoms with Crippen LogP contribution in [0.3, 0.4) is 0 Å². The Labute approximate surface area is 163 Å². The lowest BCUT2D eigenvalue weighted by atomic mass is 10.0. The Bertz CT molecular complexity index is 759. The Kier molecular flexibility index (Phi) is 5.95. The highest BCUT2D eigenvalue weighted by molar-refractivity contribution is 9.10. The van der Waals surface area contributed by atoms with E-state index in [0.29, 0.717) is 0 Å². The molecule has 1 aliphatic heterocycles. The molecule has 0 spiro atoms. The van der Waals surface area contributed by atoms with E-state index >= 15 is 0 Å². The zero-order valence-electron chi connectivity index (χ0n) is 15.3. The van der Waals surface area contributed by atoms with Crippen molar-refractivity contribution in [3.63, 3.8) is 0 Å². The number of aromatic nitrogens is 1. The molecule has 1 aliphatic carbocycles. The first-order valence-corrected chi connectivity index (χ1v) is 10.7. The summed E-state index contributed by atoms with van der Waals surface area (Å²) in [5.74, 6) is 1.88. The molecule has 26 heavy (non-hydrogen) atoms. The summed E-state index contributed by atoms with van der Waals surface area (Å²) in [7, 11) is 0. The lowest BCUT2D eigenvalue weighted by Gasteiger charge is -2.24. The minimum atomic E-state index is 0.804. The molecule has 0 amide bonds. The number of benzene rings is 1. The van der Waals surface area contributed by atoms with E-state index < -0.39 is 0 Å². The second kappa shape index (κ2) is 8.57. The van der Waals surface area contributed by atoms with Crippen LogP contribution in [0.25, 0.3) is 17.2 Å². The van der Waals surface area contributed by atoms with E-state index in [9.17, 15) is 0 Å². The summed E-state index contributed by atoms with van der Waals surface area (Å²) >= 11 is 3.60. The maximum Gasteiger partial charge on any atom is 0.375 e. The van der Waals surface area contributed by atoms with E-state index in [1.165, 1.54) is 44.0 Å². The SMILES string of the molecule is Brc1ccc2oc(/C=C/N3CCOCC3)[n+](CCCC3CCCC3)c2c1. The number of morpholine rings is 1. The van der Waals surface area contributed by atoms with Crippen LogP contribution in [0.1, 0.15) is 44.4 Å². The first-order valence-electron chi connectivity index (χ1n) is 9.91. The van der Waals surface area contributed by atoms with Gasteiger partial charge in [0.25, 0.3) is 5.52 Å². The highest BCUT2D eigenvalue weighted by Gasteiger charge is 2.22. The minimum absolute atomic E-state index is 0.804. The number of nitrogens with zero attached hydrogens (tertiary/aromatic N) is 2. The minimum Gasteiger partial charge on any atom is -0.398 e. The molecule has 0 N–H and O–H groups in total. The van der Waals surface area contributed by atoms with Crippen molar-refractivity contribution in [3.8, 4) is 0 Å². The second-order valence-corrected chi connectivity index (χ2v) is 8.38. The van der Waals surface area contributed by atoms with Crippen LogP contribution in [0.2, 0.25) is 0 Å². The summed E-state index contributed by atoms with van der Waals surface area (Å²) < 4.78 is 15.0. The Morgan fingerprint density at radius 3 is 2.81 bits per heavy atom. The average Bonchev–Trinajstić information content (AvgIpc) is 3.29. The summed E-state index contributed by atoms with van der Waals surface area (Å²) in [6.07, 6.45) is 12.5. The van der Waals surface area contributed by atoms with Gasteiger partial charge in [-0.2, -0.15) is 4.57 Å². The van der Waals surface area contributed by atoms with Crippen LogP contribution in [-0.4, -0.2) is 31.2 Å². The third kappa shape index (κ3) is 4.32. The monoisotopic (exact) mass is 419 g/mol. The van der Waals surface area contributed by atoms with Crippen molar-refractivity contribution in [3.05, 3.63) is 34.8 Å². The fourth-order valence-electron chi connectivity index (χ4n) is 4.16. The van der Waals surface area contributed by atoms with Crippen molar-refractivity contribution < 1.29 is 13.7 Å². The predicted octanol–water partition coefficient (Wildman–Crippen LogP) is 4.76. The molecule has 0 unspecified atom stereocenters. The maximum atomic E-state index is 6.17. The molecule has 2 fully saturated rings. The largest absolute Gasteiger partial charge is 0.398 e. The molecule has 1 aromatic heterocycles. The van der Waals surface area contributed by atoms with Gasteiger partial charge < -0.3 is 14.1 Å². The topological polar surface area (TPSA) is 29.5 Å². The Balaban J connectivity index is 1.53. The number of hydrogen-bond acceptors (Lipinski definition) is 3. The van der Waals surface area contributed by atoms with E-state index in [1.807, 2.05) is 6.07 Å². The Hall–Kier alpha value is -1.33. The van der Waals surface area contributed by atoms with Gasteiger partial charge in [-0.3, -0.25) is 0 Å². The normalized spacial score (nSPS) is 19.2. The van der Waals surface area contributed by atoms with Crippen molar-refractivity contribution in [1.82, 2.24) is 4.90 Å². The number of fused-ring (bicyclic) bond motifs is 1. The number of aryl methyl sites for hydroxylation is 1. The molecule has 140 valence electrons. The molecule has 4 nitrogen and oxygen atoms in total. The number of hydrogen-bond donors (Lipinski definition) is 0. The molecule has 1 aromatic carbocycles. The molecule has 0 radical (unpaired) electrons. The third-order valence-electron chi connectivity index (χ3n) is 5.63. The van der Waals surface area contributed by atoms with Crippen molar-refractivity contribution >= 4 is 33.1 Å². The van der Waals surface area contributed by atoms with Crippen molar-refractivity contribution in [1.29, 1.82) is 0 Å². The van der Waals surface area contributed by atoms with Crippen LogP contribution in [0.5, 0.6) is 0 Å². The van der Waals surface area contributed by atoms with Crippen LogP contribution in [0, 0.1) is 5.92 Å².